The number of nitrogens with zero attached hydrogens (tertiary/aromatic N) is 1. The first-order valence-corrected chi connectivity index (χ1v) is 5.53. The number of carbonyl (C=O) groups is 2. The van der Waals surface area contributed by atoms with E-state index in [0.717, 1.165) is 5.56 Å². The van der Waals surface area contributed by atoms with Gasteiger partial charge in [0.1, 0.15) is 11.7 Å². The summed E-state index contributed by atoms with van der Waals surface area (Å²) >= 11 is 0. The maximum atomic E-state index is 12.0. The summed E-state index contributed by atoms with van der Waals surface area (Å²) in [7, 11) is 3.05. The zero-order valence-corrected chi connectivity index (χ0v) is 10.9. The molecule has 0 spiro atoms. The van der Waals surface area contributed by atoms with Crippen LogP contribution in [0.1, 0.15) is 12.5 Å². The van der Waals surface area contributed by atoms with Crippen LogP contribution in [0, 0.1) is 12.8 Å². The Balaban J connectivity index is 3.10. The van der Waals surface area contributed by atoms with Crippen molar-refractivity contribution in [2.24, 2.45) is 5.92 Å². The van der Waals surface area contributed by atoms with Gasteiger partial charge in [0.15, 0.2) is 0 Å². The van der Waals surface area contributed by atoms with Crippen molar-refractivity contribution >= 4 is 17.6 Å². The molecule has 1 rings (SSSR count). The lowest BCUT2D eigenvalue weighted by molar-refractivity contribution is -0.145. The zero-order chi connectivity index (χ0) is 13.9. The van der Waals surface area contributed by atoms with Crippen molar-refractivity contribution in [3.63, 3.8) is 0 Å². The second-order valence-electron chi connectivity index (χ2n) is 4.13. The van der Waals surface area contributed by atoms with E-state index in [1.807, 2.05) is 13.0 Å². The van der Waals surface area contributed by atoms with Gasteiger partial charge < -0.3 is 14.7 Å². The molecule has 1 amide bonds. The molecule has 0 fully saturated rings. The number of anilines is 1. The van der Waals surface area contributed by atoms with Crippen LogP contribution in [-0.2, 0) is 9.59 Å². The molecule has 5 nitrogen and oxygen atoms in total. The first kappa shape index (κ1) is 14.0. The number of aryl methyl sites for hydroxylation is 1. The van der Waals surface area contributed by atoms with Gasteiger partial charge in [-0.15, -0.1) is 0 Å². The molecular weight excluding hydrogens is 234 g/mol. The maximum absolute atomic E-state index is 12.0. The molecule has 18 heavy (non-hydrogen) atoms. The molecule has 0 aromatic heterocycles. The van der Waals surface area contributed by atoms with Gasteiger partial charge in [0, 0.05) is 7.05 Å². The Morgan fingerprint density at radius 2 is 2.00 bits per heavy atom. The zero-order valence-electron chi connectivity index (χ0n) is 10.9. The minimum Gasteiger partial charge on any atom is -0.495 e. The van der Waals surface area contributed by atoms with Gasteiger partial charge in [-0.2, -0.15) is 0 Å². The third-order valence-corrected chi connectivity index (χ3v) is 2.77. The topological polar surface area (TPSA) is 66.8 Å². The Kier molecular flexibility index (Phi) is 4.31. The predicted octanol–water partition coefficient (Wildman–Crippen LogP) is 1.69. The number of carboxylic acids is 1. The summed E-state index contributed by atoms with van der Waals surface area (Å²) in [6.45, 7) is 3.26. The lowest BCUT2D eigenvalue weighted by Crippen LogP contribution is -2.35. The van der Waals surface area contributed by atoms with Crippen molar-refractivity contribution in [2.45, 2.75) is 13.8 Å². The summed E-state index contributed by atoms with van der Waals surface area (Å²) in [5.41, 5.74) is 1.53. The van der Waals surface area contributed by atoms with E-state index in [9.17, 15) is 9.59 Å². The van der Waals surface area contributed by atoms with Crippen molar-refractivity contribution in [3.8, 4) is 5.75 Å². The van der Waals surface area contributed by atoms with Gasteiger partial charge in [0.05, 0.1) is 12.8 Å². The Labute approximate surface area is 106 Å². The molecule has 98 valence electrons. The summed E-state index contributed by atoms with van der Waals surface area (Å²) in [5, 5.41) is 8.85. The van der Waals surface area contributed by atoms with Gasteiger partial charge in [-0.3, -0.25) is 9.59 Å². The number of ether oxygens (including phenoxy) is 1. The second kappa shape index (κ2) is 5.53. The molecule has 0 aliphatic carbocycles. The van der Waals surface area contributed by atoms with Crippen molar-refractivity contribution in [3.05, 3.63) is 23.8 Å². The molecule has 1 unspecified atom stereocenters. The number of benzene rings is 1. The van der Waals surface area contributed by atoms with E-state index in [1.54, 1.807) is 19.2 Å². The molecule has 0 aliphatic heterocycles. The monoisotopic (exact) mass is 251 g/mol. The number of aliphatic carboxylic acids is 1. The van der Waals surface area contributed by atoms with E-state index in [2.05, 4.69) is 0 Å². The fourth-order valence-electron chi connectivity index (χ4n) is 1.58. The lowest BCUT2D eigenvalue weighted by atomic mass is 10.1. The van der Waals surface area contributed by atoms with Crippen LogP contribution in [0.4, 0.5) is 5.69 Å². The molecule has 0 saturated heterocycles. The van der Waals surface area contributed by atoms with Gasteiger partial charge in [-0.05, 0) is 31.5 Å². The summed E-state index contributed by atoms with van der Waals surface area (Å²) in [6, 6.07) is 5.40. The number of hydrogen-bond donors (Lipinski definition) is 1. The molecule has 1 atom stereocenters. The minimum absolute atomic E-state index is 0.480. The fraction of sp³-hybridized carbons (Fsp3) is 0.385. The van der Waals surface area contributed by atoms with Crippen LogP contribution < -0.4 is 9.64 Å². The van der Waals surface area contributed by atoms with Gasteiger partial charge >= 0.3 is 5.97 Å². The SMILES string of the molecule is COc1ccc(C)cc1N(C)C(=O)C(C)C(=O)O. The van der Waals surface area contributed by atoms with Crippen LogP contribution in [0.2, 0.25) is 0 Å². The Hall–Kier alpha value is -2.04. The van der Waals surface area contributed by atoms with Crippen LogP contribution in [0.3, 0.4) is 0 Å². The third kappa shape index (κ3) is 2.80. The molecule has 1 aromatic carbocycles. The highest BCUT2D eigenvalue weighted by Gasteiger charge is 2.26. The minimum atomic E-state index is -1.14. The lowest BCUT2D eigenvalue weighted by Gasteiger charge is -2.22. The van der Waals surface area contributed by atoms with E-state index in [4.69, 9.17) is 9.84 Å². The maximum Gasteiger partial charge on any atom is 0.315 e. The summed E-state index contributed by atoms with van der Waals surface area (Å²) in [6.07, 6.45) is 0. The Morgan fingerprint density at radius 1 is 1.39 bits per heavy atom. The molecular formula is C13H17NO4. The van der Waals surface area contributed by atoms with Crippen LogP contribution >= 0.6 is 0 Å². The van der Waals surface area contributed by atoms with Gasteiger partial charge in [0.25, 0.3) is 0 Å². The standard InChI is InChI=1S/C13H17NO4/c1-8-5-6-11(18-4)10(7-8)14(3)12(15)9(2)13(16)17/h5-7,9H,1-4H3,(H,16,17). The summed E-state index contributed by atoms with van der Waals surface area (Å²) in [5.74, 6) is -2.17. The normalized spacial score (nSPS) is 11.8. The molecule has 0 saturated carbocycles. The van der Waals surface area contributed by atoms with E-state index in [1.165, 1.54) is 18.9 Å². The first-order chi connectivity index (χ1) is 8.38. The highest BCUT2D eigenvalue weighted by Crippen LogP contribution is 2.29. The number of rotatable bonds is 4. The summed E-state index contributed by atoms with van der Waals surface area (Å²) in [4.78, 5) is 24.1. The molecule has 0 aliphatic rings. The average Bonchev–Trinajstić information content (AvgIpc) is 2.35. The number of carbonyl (C=O) groups excluding carboxylic acids is 1. The average molecular weight is 251 g/mol. The largest absolute Gasteiger partial charge is 0.495 e. The van der Waals surface area contributed by atoms with Gasteiger partial charge in [-0.25, -0.2) is 0 Å². The number of carboxylic acid groups (broad SMARTS) is 1. The quantitative estimate of drug-likeness (QED) is 0.827. The predicted molar refractivity (Wildman–Crippen MR) is 67.9 cm³/mol. The van der Waals surface area contributed by atoms with Crippen LogP contribution in [-0.4, -0.2) is 31.1 Å². The van der Waals surface area contributed by atoms with Crippen LogP contribution in [0.15, 0.2) is 18.2 Å². The second-order valence-corrected chi connectivity index (χ2v) is 4.13. The molecule has 0 bridgehead atoms. The fourth-order valence-corrected chi connectivity index (χ4v) is 1.58. The molecule has 5 heteroatoms. The first-order valence-electron chi connectivity index (χ1n) is 5.53. The van der Waals surface area contributed by atoms with Crippen LogP contribution in [0.25, 0.3) is 0 Å². The number of hydrogen-bond acceptors (Lipinski definition) is 3. The number of methoxy groups -OCH3 is 1. The third-order valence-electron chi connectivity index (χ3n) is 2.77. The van der Waals surface area contributed by atoms with Crippen molar-refractivity contribution in [1.29, 1.82) is 0 Å². The highest BCUT2D eigenvalue weighted by atomic mass is 16.5. The Morgan fingerprint density at radius 3 is 2.50 bits per heavy atom. The smallest absolute Gasteiger partial charge is 0.315 e. The van der Waals surface area contributed by atoms with Gasteiger partial charge in [0.2, 0.25) is 5.91 Å². The van der Waals surface area contributed by atoms with E-state index >= 15 is 0 Å². The van der Waals surface area contributed by atoms with Gasteiger partial charge in [-0.1, -0.05) is 6.07 Å². The Bertz CT molecular complexity index is 470. The highest BCUT2D eigenvalue weighted by molar-refractivity contribution is 6.05. The van der Waals surface area contributed by atoms with Crippen LogP contribution in [0.5, 0.6) is 5.75 Å². The summed E-state index contributed by atoms with van der Waals surface area (Å²) < 4.78 is 5.17. The van der Waals surface area contributed by atoms with Crippen molar-refractivity contribution in [2.75, 3.05) is 19.1 Å². The van der Waals surface area contributed by atoms with E-state index in [-0.39, 0.29) is 0 Å². The molecule has 0 heterocycles. The van der Waals surface area contributed by atoms with E-state index in [0.29, 0.717) is 11.4 Å². The van der Waals surface area contributed by atoms with Crippen molar-refractivity contribution in [1.82, 2.24) is 0 Å². The molecule has 0 radical (unpaired) electrons. The molecule has 1 N–H and O–H groups in total. The number of amides is 1. The molecule has 1 aromatic rings. The van der Waals surface area contributed by atoms with E-state index < -0.39 is 17.8 Å². The van der Waals surface area contributed by atoms with Crippen molar-refractivity contribution < 1.29 is 19.4 Å².